The van der Waals surface area contributed by atoms with Gasteiger partial charge in [0.05, 0.1) is 0 Å². The summed E-state index contributed by atoms with van der Waals surface area (Å²) in [7, 11) is 2.19. The number of para-hydroxylation sites is 1. The Bertz CT molecular complexity index is 658. The van der Waals surface area contributed by atoms with E-state index in [1.54, 1.807) is 5.56 Å². The van der Waals surface area contributed by atoms with Crippen LogP contribution in [0.4, 0.5) is 0 Å². The average molecular weight is 265 g/mol. The molecule has 0 saturated heterocycles. The number of aryl methyl sites for hydroxylation is 1. The summed E-state index contributed by atoms with van der Waals surface area (Å²) in [4.78, 5) is 0. The highest BCUT2D eigenvalue weighted by atomic mass is 14.9. The molecule has 104 valence electrons. The molecule has 0 bridgehead atoms. The number of hydrogen-bond acceptors (Lipinski definition) is 0. The Morgan fingerprint density at radius 2 is 2.05 bits per heavy atom. The van der Waals surface area contributed by atoms with Crippen LogP contribution >= 0.6 is 0 Å². The summed E-state index contributed by atoms with van der Waals surface area (Å²) in [5.74, 6) is 0.650. The fourth-order valence-corrected chi connectivity index (χ4v) is 3.37. The average Bonchev–Trinajstić information content (AvgIpc) is 2.72. The molecule has 20 heavy (non-hydrogen) atoms. The Morgan fingerprint density at radius 1 is 1.20 bits per heavy atom. The van der Waals surface area contributed by atoms with Crippen LogP contribution in [0.15, 0.2) is 42.5 Å². The van der Waals surface area contributed by atoms with E-state index in [1.165, 1.54) is 35.9 Å². The van der Waals surface area contributed by atoms with Gasteiger partial charge in [0.1, 0.15) is 0 Å². The van der Waals surface area contributed by atoms with E-state index in [1.807, 2.05) is 0 Å². The highest BCUT2D eigenvalue weighted by molar-refractivity contribution is 5.89. The number of aromatic nitrogens is 1. The number of benzene rings is 1. The Kier molecular flexibility index (Phi) is 3.77. The second kappa shape index (κ2) is 5.70. The zero-order chi connectivity index (χ0) is 13.9. The van der Waals surface area contributed by atoms with Gasteiger partial charge in [-0.1, -0.05) is 56.2 Å². The van der Waals surface area contributed by atoms with Crippen LogP contribution in [0, 0.1) is 0 Å². The summed E-state index contributed by atoms with van der Waals surface area (Å²) in [5, 5.41) is 1.44. The van der Waals surface area contributed by atoms with Crippen LogP contribution in [0.5, 0.6) is 0 Å². The molecule has 1 atom stereocenters. The quantitative estimate of drug-likeness (QED) is 0.697. The van der Waals surface area contributed by atoms with E-state index in [4.69, 9.17) is 0 Å². The zero-order valence-electron chi connectivity index (χ0n) is 12.5. The molecule has 1 aliphatic carbocycles. The smallest absolute Gasteiger partial charge is 0.0485 e. The maximum Gasteiger partial charge on any atom is 0.0485 e. The van der Waals surface area contributed by atoms with Crippen molar-refractivity contribution in [3.63, 3.8) is 0 Å². The van der Waals surface area contributed by atoms with Crippen molar-refractivity contribution in [1.82, 2.24) is 4.57 Å². The van der Waals surface area contributed by atoms with Gasteiger partial charge in [0.25, 0.3) is 0 Å². The van der Waals surface area contributed by atoms with Crippen molar-refractivity contribution in [2.24, 2.45) is 7.05 Å². The van der Waals surface area contributed by atoms with Crippen LogP contribution in [0.25, 0.3) is 17.0 Å². The van der Waals surface area contributed by atoms with Crippen LogP contribution in [-0.4, -0.2) is 4.57 Å². The van der Waals surface area contributed by atoms with Crippen LogP contribution in [0.1, 0.15) is 49.8 Å². The third kappa shape index (κ3) is 2.22. The lowest BCUT2D eigenvalue weighted by Crippen LogP contribution is -2.02. The molecular weight excluding hydrogens is 242 g/mol. The van der Waals surface area contributed by atoms with Gasteiger partial charge in [-0.25, -0.2) is 0 Å². The summed E-state index contributed by atoms with van der Waals surface area (Å²) in [6.07, 6.45) is 14.0. The monoisotopic (exact) mass is 265 g/mol. The molecule has 0 fully saturated rings. The molecule has 0 N–H and O–H groups in total. The van der Waals surface area contributed by atoms with E-state index in [2.05, 4.69) is 67.1 Å². The minimum Gasteiger partial charge on any atom is -0.344 e. The van der Waals surface area contributed by atoms with E-state index in [0.29, 0.717) is 5.92 Å². The van der Waals surface area contributed by atoms with E-state index < -0.39 is 0 Å². The Labute approximate surface area is 121 Å². The number of hydrogen-bond donors (Lipinski definition) is 0. The van der Waals surface area contributed by atoms with E-state index in [9.17, 15) is 0 Å². The van der Waals surface area contributed by atoms with Crippen LogP contribution in [0.2, 0.25) is 0 Å². The van der Waals surface area contributed by atoms with Crippen LogP contribution in [-0.2, 0) is 7.05 Å². The molecule has 0 spiro atoms. The highest BCUT2D eigenvalue weighted by Gasteiger charge is 2.21. The predicted molar refractivity (Wildman–Crippen MR) is 88.0 cm³/mol. The molecule has 1 aromatic carbocycles. The van der Waals surface area contributed by atoms with Gasteiger partial charge in [0, 0.05) is 23.6 Å². The van der Waals surface area contributed by atoms with Gasteiger partial charge in [0.2, 0.25) is 0 Å². The minimum absolute atomic E-state index is 0.650. The molecule has 0 aliphatic heterocycles. The van der Waals surface area contributed by atoms with Gasteiger partial charge in [-0.05, 0) is 36.5 Å². The Morgan fingerprint density at radius 3 is 2.90 bits per heavy atom. The van der Waals surface area contributed by atoms with Crippen LogP contribution in [0.3, 0.4) is 0 Å². The standard InChI is InChI=1S/C19H23N/c1-3-4-10-15-11-6-5-7-14-18-19(15)16-12-8-9-13-17(16)20(18)2/h5-9,12-15H,3-4,10-11H2,1-2H3/b6-5-,14-7-. The van der Waals surface area contributed by atoms with Gasteiger partial charge in [-0.2, -0.15) is 0 Å². The first-order valence-electron chi connectivity index (χ1n) is 7.73. The minimum atomic E-state index is 0.650. The molecule has 1 aromatic heterocycles. The lowest BCUT2D eigenvalue weighted by molar-refractivity contribution is 0.590. The predicted octanol–water partition coefficient (Wildman–Crippen LogP) is 5.43. The highest BCUT2D eigenvalue weighted by Crippen LogP contribution is 2.37. The molecule has 1 nitrogen and oxygen atoms in total. The molecular formula is C19H23N. The van der Waals surface area contributed by atoms with E-state index in [0.717, 1.165) is 6.42 Å². The number of fused-ring (bicyclic) bond motifs is 3. The fraction of sp³-hybridized carbons (Fsp3) is 0.368. The van der Waals surface area contributed by atoms with Crippen molar-refractivity contribution in [1.29, 1.82) is 0 Å². The second-order valence-corrected chi connectivity index (χ2v) is 5.74. The first kappa shape index (κ1) is 13.2. The molecule has 1 aliphatic rings. The SMILES string of the molecule is CCCCC1C/C=C\C=C/c2c1c1ccccc1n2C. The van der Waals surface area contributed by atoms with Gasteiger partial charge in [-0.15, -0.1) is 0 Å². The topological polar surface area (TPSA) is 4.93 Å². The lowest BCUT2D eigenvalue weighted by Gasteiger charge is -2.17. The summed E-state index contributed by atoms with van der Waals surface area (Å²) in [6.45, 7) is 2.28. The first-order chi connectivity index (χ1) is 9.83. The maximum atomic E-state index is 2.35. The van der Waals surface area contributed by atoms with Crippen molar-refractivity contribution in [3.8, 4) is 0 Å². The molecule has 1 heterocycles. The van der Waals surface area contributed by atoms with E-state index >= 15 is 0 Å². The summed E-state index contributed by atoms with van der Waals surface area (Å²) < 4.78 is 2.35. The molecule has 0 radical (unpaired) electrons. The van der Waals surface area contributed by atoms with Gasteiger partial charge in [0.15, 0.2) is 0 Å². The summed E-state index contributed by atoms with van der Waals surface area (Å²) in [5.41, 5.74) is 4.29. The van der Waals surface area contributed by atoms with Crippen LogP contribution < -0.4 is 0 Å². The normalized spacial score (nSPS) is 21.2. The molecule has 1 unspecified atom stereocenters. The summed E-state index contributed by atoms with van der Waals surface area (Å²) in [6, 6.07) is 8.82. The zero-order valence-corrected chi connectivity index (χ0v) is 12.5. The second-order valence-electron chi connectivity index (χ2n) is 5.74. The lowest BCUT2D eigenvalue weighted by atomic mass is 9.87. The first-order valence-corrected chi connectivity index (χ1v) is 7.73. The van der Waals surface area contributed by atoms with Crippen molar-refractivity contribution < 1.29 is 0 Å². The molecule has 0 amide bonds. The number of unbranched alkanes of at least 4 members (excludes halogenated alkanes) is 1. The summed E-state index contributed by atoms with van der Waals surface area (Å²) >= 11 is 0. The molecule has 2 aromatic rings. The van der Waals surface area contributed by atoms with Crippen molar-refractivity contribution in [2.45, 2.75) is 38.5 Å². The van der Waals surface area contributed by atoms with Gasteiger partial charge >= 0.3 is 0 Å². The molecule has 0 saturated carbocycles. The van der Waals surface area contributed by atoms with Crippen molar-refractivity contribution in [2.75, 3.05) is 0 Å². The molecule has 1 heteroatoms. The number of allylic oxidation sites excluding steroid dienone is 3. The fourth-order valence-electron chi connectivity index (χ4n) is 3.37. The third-order valence-corrected chi connectivity index (χ3v) is 4.43. The van der Waals surface area contributed by atoms with Crippen molar-refractivity contribution >= 4 is 17.0 Å². The number of rotatable bonds is 3. The maximum absolute atomic E-state index is 2.35. The van der Waals surface area contributed by atoms with E-state index in [-0.39, 0.29) is 0 Å². The molecule has 3 rings (SSSR count). The number of nitrogens with zero attached hydrogens (tertiary/aromatic N) is 1. The van der Waals surface area contributed by atoms with Gasteiger partial charge < -0.3 is 4.57 Å². The van der Waals surface area contributed by atoms with Crippen molar-refractivity contribution in [3.05, 3.63) is 53.8 Å². The Balaban J connectivity index is 2.19. The third-order valence-electron chi connectivity index (χ3n) is 4.43. The van der Waals surface area contributed by atoms with Gasteiger partial charge in [-0.3, -0.25) is 0 Å². The Hall–Kier alpha value is -1.76. The largest absolute Gasteiger partial charge is 0.344 e.